The van der Waals surface area contributed by atoms with Crippen LogP contribution in [0.1, 0.15) is 5.56 Å². The van der Waals surface area contributed by atoms with E-state index in [1.807, 2.05) is 17.0 Å². The average molecular weight is 408 g/mol. The molecule has 2 aliphatic rings. The Morgan fingerprint density at radius 1 is 0.958 bits per heavy atom. The van der Waals surface area contributed by atoms with Crippen molar-refractivity contribution in [3.63, 3.8) is 0 Å². The molecule has 9 heteroatoms. The number of nitrogens with zero attached hydrogens (tertiary/aromatic N) is 5. The van der Waals surface area contributed by atoms with Gasteiger partial charge in [-0.15, -0.1) is 4.40 Å². The highest BCUT2D eigenvalue weighted by atomic mass is 79.9. The summed E-state index contributed by atoms with van der Waals surface area (Å²) in [6.45, 7) is 2.76. The fourth-order valence-electron chi connectivity index (χ4n) is 2.90. The van der Waals surface area contributed by atoms with Crippen LogP contribution in [-0.2, 0) is 10.0 Å². The molecular weight excluding hydrogens is 394 g/mol. The molecule has 0 amide bonds. The molecule has 0 unspecified atom stereocenters. The molecule has 1 aromatic carbocycles. The van der Waals surface area contributed by atoms with Gasteiger partial charge in [0.1, 0.15) is 4.90 Å². The van der Waals surface area contributed by atoms with E-state index >= 15 is 0 Å². The Balaban J connectivity index is 1.54. The lowest BCUT2D eigenvalue weighted by atomic mass is 10.1. The van der Waals surface area contributed by atoms with Crippen molar-refractivity contribution in [3.05, 3.63) is 46.7 Å². The van der Waals surface area contributed by atoms with Gasteiger partial charge in [-0.05, 0) is 28.1 Å². The van der Waals surface area contributed by atoms with E-state index < -0.39 is 10.0 Å². The van der Waals surface area contributed by atoms with E-state index in [9.17, 15) is 8.42 Å². The largest absolute Gasteiger partial charge is 0.352 e. The summed E-state index contributed by atoms with van der Waals surface area (Å²) in [7, 11) is -3.57. The van der Waals surface area contributed by atoms with Gasteiger partial charge in [0.2, 0.25) is 5.95 Å². The summed E-state index contributed by atoms with van der Waals surface area (Å²) in [6, 6.07) is 6.97. The Kier molecular flexibility index (Phi) is 3.76. The third-order valence-corrected chi connectivity index (χ3v) is 5.82. The zero-order valence-electron chi connectivity index (χ0n) is 12.6. The van der Waals surface area contributed by atoms with Gasteiger partial charge < -0.3 is 9.80 Å². The van der Waals surface area contributed by atoms with Crippen LogP contribution in [-0.4, -0.2) is 55.3 Å². The molecule has 1 fully saturated rings. The lowest BCUT2D eigenvalue weighted by Gasteiger charge is -2.35. The first-order valence-electron chi connectivity index (χ1n) is 7.46. The summed E-state index contributed by atoms with van der Waals surface area (Å²) in [5, 5.41) is 0. The zero-order valence-corrected chi connectivity index (χ0v) is 15.0. The Morgan fingerprint density at radius 3 is 2.29 bits per heavy atom. The summed E-state index contributed by atoms with van der Waals surface area (Å²) < 4.78 is 29.2. The minimum Gasteiger partial charge on any atom is -0.352 e. The summed E-state index contributed by atoms with van der Waals surface area (Å²) in [5.41, 5.74) is 0.686. The van der Waals surface area contributed by atoms with Crippen molar-refractivity contribution in [1.82, 2.24) is 14.9 Å². The molecule has 0 N–H and O–H groups in total. The van der Waals surface area contributed by atoms with Gasteiger partial charge in [-0.1, -0.05) is 12.1 Å². The first kappa shape index (κ1) is 15.5. The first-order valence-corrected chi connectivity index (χ1v) is 9.70. The Labute approximate surface area is 148 Å². The van der Waals surface area contributed by atoms with E-state index in [4.69, 9.17) is 0 Å². The van der Waals surface area contributed by atoms with E-state index in [1.54, 1.807) is 24.5 Å². The molecule has 2 aliphatic heterocycles. The molecule has 2 aromatic rings. The number of amidine groups is 1. The van der Waals surface area contributed by atoms with Gasteiger partial charge in [0, 0.05) is 44.1 Å². The number of benzene rings is 1. The average Bonchev–Trinajstić information content (AvgIpc) is 2.88. The molecule has 0 saturated carbocycles. The number of hydrogen-bond donors (Lipinski definition) is 0. The maximum absolute atomic E-state index is 12.2. The number of aromatic nitrogens is 2. The fourth-order valence-corrected chi connectivity index (χ4v) is 4.34. The van der Waals surface area contributed by atoms with Crippen molar-refractivity contribution in [2.24, 2.45) is 4.40 Å². The van der Waals surface area contributed by atoms with Crippen molar-refractivity contribution in [2.75, 3.05) is 31.1 Å². The Morgan fingerprint density at radius 2 is 1.58 bits per heavy atom. The number of halogens is 1. The van der Waals surface area contributed by atoms with Crippen LogP contribution in [0.5, 0.6) is 0 Å². The van der Waals surface area contributed by atoms with E-state index in [1.165, 1.54) is 0 Å². The number of sulfonamides is 1. The van der Waals surface area contributed by atoms with Crippen molar-refractivity contribution < 1.29 is 8.42 Å². The lowest BCUT2D eigenvalue weighted by molar-refractivity contribution is 0.384. The molecule has 0 spiro atoms. The summed E-state index contributed by atoms with van der Waals surface area (Å²) in [5.74, 6) is 1.22. The van der Waals surface area contributed by atoms with Crippen LogP contribution in [0, 0.1) is 0 Å². The van der Waals surface area contributed by atoms with Gasteiger partial charge in [0.05, 0.1) is 4.47 Å². The molecule has 0 atom stereocenters. The highest BCUT2D eigenvalue weighted by Gasteiger charge is 2.33. The van der Waals surface area contributed by atoms with Crippen LogP contribution >= 0.6 is 15.9 Å². The third-order valence-electron chi connectivity index (χ3n) is 4.08. The quantitative estimate of drug-likeness (QED) is 0.712. The molecular formula is C15H14BrN5O2S. The van der Waals surface area contributed by atoms with Crippen molar-refractivity contribution in [3.8, 4) is 0 Å². The number of piperazine rings is 1. The number of hydrogen-bond acceptors (Lipinski definition) is 6. The van der Waals surface area contributed by atoms with Gasteiger partial charge in [-0.3, -0.25) is 0 Å². The number of anilines is 1. The van der Waals surface area contributed by atoms with Crippen molar-refractivity contribution >= 4 is 37.7 Å². The standard InChI is InChI=1S/C15H14BrN5O2S/c16-11-9-17-15(18-10-11)21-7-5-20(6-8-21)14-12-3-1-2-4-13(12)24(22,23)19-14/h1-4,9-10H,5-8H2. The molecule has 24 heavy (non-hydrogen) atoms. The van der Waals surface area contributed by atoms with E-state index in [0.29, 0.717) is 48.4 Å². The highest BCUT2D eigenvalue weighted by molar-refractivity contribution is 9.10. The predicted molar refractivity (Wildman–Crippen MR) is 93.7 cm³/mol. The van der Waals surface area contributed by atoms with Crippen LogP contribution < -0.4 is 4.90 Å². The smallest absolute Gasteiger partial charge is 0.285 e. The normalized spacial score (nSPS) is 19.1. The van der Waals surface area contributed by atoms with Crippen LogP contribution in [0.3, 0.4) is 0 Å². The maximum atomic E-state index is 12.2. The molecule has 0 radical (unpaired) electrons. The zero-order chi connectivity index (χ0) is 16.7. The van der Waals surface area contributed by atoms with Crippen molar-refractivity contribution in [1.29, 1.82) is 0 Å². The summed E-state index contributed by atoms with van der Waals surface area (Å²) in [6.07, 6.45) is 3.44. The topological polar surface area (TPSA) is 78.8 Å². The molecule has 3 heterocycles. The second-order valence-electron chi connectivity index (χ2n) is 5.56. The first-order chi connectivity index (χ1) is 11.5. The van der Waals surface area contributed by atoms with Crippen LogP contribution in [0.25, 0.3) is 0 Å². The van der Waals surface area contributed by atoms with E-state index in [-0.39, 0.29) is 0 Å². The molecule has 0 aliphatic carbocycles. The summed E-state index contributed by atoms with van der Waals surface area (Å²) >= 11 is 3.33. The van der Waals surface area contributed by atoms with Crippen LogP contribution in [0.15, 0.2) is 50.4 Å². The monoisotopic (exact) mass is 407 g/mol. The second-order valence-corrected chi connectivity index (χ2v) is 8.05. The minimum absolute atomic E-state index is 0.290. The Hall–Kier alpha value is -2.00. The summed E-state index contributed by atoms with van der Waals surface area (Å²) in [4.78, 5) is 13.0. The van der Waals surface area contributed by atoms with Gasteiger partial charge in [-0.2, -0.15) is 8.42 Å². The van der Waals surface area contributed by atoms with Crippen molar-refractivity contribution in [2.45, 2.75) is 4.90 Å². The third kappa shape index (κ3) is 2.67. The Bertz CT molecular complexity index is 906. The van der Waals surface area contributed by atoms with E-state index in [2.05, 4.69) is 35.2 Å². The van der Waals surface area contributed by atoms with Gasteiger partial charge in [0.15, 0.2) is 5.84 Å². The van der Waals surface area contributed by atoms with Gasteiger partial charge >= 0.3 is 0 Å². The van der Waals surface area contributed by atoms with Gasteiger partial charge in [-0.25, -0.2) is 9.97 Å². The lowest BCUT2D eigenvalue weighted by Crippen LogP contribution is -2.49. The molecule has 1 saturated heterocycles. The minimum atomic E-state index is -3.57. The predicted octanol–water partition coefficient (Wildman–Crippen LogP) is 1.51. The molecule has 124 valence electrons. The fraction of sp³-hybridized carbons (Fsp3) is 0.267. The van der Waals surface area contributed by atoms with Crippen LogP contribution in [0.4, 0.5) is 5.95 Å². The maximum Gasteiger partial charge on any atom is 0.285 e. The van der Waals surface area contributed by atoms with Crippen LogP contribution in [0.2, 0.25) is 0 Å². The van der Waals surface area contributed by atoms with E-state index in [0.717, 1.165) is 4.47 Å². The molecule has 7 nitrogen and oxygen atoms in total. The second kappa shape index (κ2) is 5.82. The van der Waals surface area contributed by atoms with Gasteiger partial charge in [0.25, 0.3) is 10.0 Å². The number of fused-ring (bicyclic) bond motifs is 1. The molecule has 0 bridgehead atoms. The molecule has 4 rings (SSSR count). The highest BCUT2D eigenvalue weighted by Crippen LogP contribution is 2.28. The number of rotatable bonds is 1. The SMILES string of the molecule is O=S1(=O)N=C(N2CCN(c3ncc(Br)cn3)CC2)c2ccccc21. The molecule has 1 aromatic heterocycles.